The Morgan fingerprint density at radius 3 is 2.74 bits per heavy atom. The number of rotatable bonds is 6. The Labute approximate surface area is 136 Å². The molecule has 5 heteroatoms. The number of para-hydroxylation sites is 1. The Morgan fingerprint density at radius 1 is 1.39 bits per heavy atom. The van der Waals surface area contributed by atoms with Crippen molar-refractivity contribution in [3.63, 3.8) is 0 Å². The molecule has 0 N–H and O–H groups in total. The maximum Gasteiger partial charge on any atom is 0.266 e. The second-order valence-corrected chi connectivity index (χ2v) is 6.32. The molecule has 0 saturated carbocycles. The van der Waals surface area contributed by atoms with Gasteiger partial charge < -0.3 is 19.1 Å². The number of β-lactam (4-membered cyclic amide) rings is 1. The first-order valence-corrected chi connectivity index (χ1v) is 7.97. The SMILES string of the molecule is C=CCCN1C(=O)[C@H](Oc2ccccc2)[C@@H]1[C@H]1COC(C)(C)O1. The van der Waals surface area contributed by atoms with Crippen molar-refractivity contribution in [2.75, 3.05) is 13.2 Å². The lowest BCUT2D eigenvalue weighted by Gasteiger charge is -2.48. The van der Waals surface area contributed by atoms with E-state index in [1.54, 1.807) is 0 Å². The summed E-state index contributed by atoms with van der Waals surface area (Å²) >= 11 is 0. The van der Waals surface area contributed by atoms with Gasteiger partial charge in [0.1, 0.15) is 17.9 Å². The Bertz CT molecular complexity index is 572. The van der Waals surface area contributed by atoms with Gasteiger partial charge in [-0.05, 0) is 32.4 Å². The second kappa shape index (κ2) is 6.34. The number of carbonyl (C=O) groups is 1. The predicted octanol–water partition coefficient (Wildman–Crippen LogP) is 2.37. The smallest absolute Gasteiger partial charge is 0.266 e. The zero-order valence-electron chi connectivity index (χ0n) is 13.6. The summed E-state index contributed by atoms with van der Waals surface area (Å²) in [7, 11) is 0. The number of nitrogens with zero attached hydrogens (tertiary/aromatic N) is 1. The Morgan fingerprint density at radius 2 is 2.13 bits per heavy atom. The molecule has 0 bridgehead atoms. The molecule has 5 nitrogen and oxygen atoms in total. The minimum atomic E-state index is -0.620. The van der Waals surface area contributed by atoms with E-state index in [2.05, 4.69) is 6.58 Å². The molecule has 0 radical (unpaired) electrons. The fourth-order valence-electron chi connectivity index (χ4n) is 3.07. The van der Waals surface area contributed by atoms with Crippen LogP contribution in [0.4, 0.5) is 0 Å². The molecule has 124 valence electrons. The van der Waals surface area contributed by atoms with Gasteiger partial charge >= 0.3 is 0 Å². The quantitative estimate of drug-likeness (QED) is 0.597. The molecule has 1 amide bonds. The molecular weight excluding hydrogens is 294 g/mol. The van der Waals surface area contributed by atoms with E-state index in [0.29, 0.717) is 18.9 Å². The summed E-state index contributed by atoms with van der Waals surface area (Å²) in [6.45, 7) is 8.58. The molecule has 0 unspecified atom stereocenters. The average Bonchev–Trinajstić information content (AvgIpc) is 2.89. The van der Waals surface area contributed by atoms with Gasteiger partial charge in [0.05, 0.1) is 6.61 Å². The van der Waals surface area contributed by atoms with Crippen LogP contribution in [-0.2, 0) is 14.3 Å². The first kappa shape index (κ1) is 16.0. The molecular formula is C18H23NO4. The number of hydrogen-bond donors (Lipinski definition) is 0. The Kier molecular flexibility index (Phi) is 4.41. The number of hydrogen-bond acceptors (Lipinski definition) is 4. The second-order valence-electron chi connectivity index (χ2n) is 6.32. The number of amides is 1. The fraction of sp³-hybridized carbons (Fsp3) is 0.500. The molecule has 2 aliphatic heterocycles. The van der Waals surface area contributed by atoms with Crippen LogP contribution in [0.5, 0.6) is 5.75 Å². The van der Waals surface area contributed by atoms with Crippen molar-refractivity contribution in [3.8, 4) is 5.75 Å². The maximum absolute atomic E-state index is 12.5. The molecule has 0 aromatic heterocycles. The van der Waals surface area contributed by atoms with Gasteiger partial charge in [0, 0.05) is 6.54 Å². The third-order valence-corrected chi connectivity index (χ3v) is 4.19. The van der Waals surface area contributed by atoms with Crippen molar-refractivity contribution in [1.82, 2.24) is 4.90 Å². The molecule has 2 saturated heterocycles. The first-order chi connectivity index (χ1) is 11.0. The monoisotopic (exact) mass is 317 g/mol. The van der Waals surface area contributed by atoms with Crippen LogP contribution in [-0.4, -0.2) is 48.0 Å². The molecule has 2 aliphatic rings. The van der Waals surface area contributed by atoms with E-state index in [4.69, 9.17) is 14.2 Å². The van der Waals surface area contributed by atoms with E-state index in [9.17, 15) is 4.79 Å². The highest BCUT2D eigenvalue weighted by atomic mass is 16.7. The molecule has 0 aliphatic carbocycles. The average molecular weight is 317 g/mol. The van der Waals surface area contributed by atoms with E-state index in [1.807, 2.05) is 55.2 Å². The van der Waals surface area contributed by atoms with Gasteiger partial charge in [-0.1, -0.05) is 24.3 Å². The highest BCUT2D eigenvalue weighted by Crippen LogP contribution is 2.34. The predicted molar refractivity (Wildman–Crippen MR) is 86.1 cm³/mol. The third-order valence-electron chi connectivity index (χ3n) is 4.19. The van der Waals surface area contributed by atoms with E-state index in [0.717, 1.165) is 6.42 Å². The third kappa shape index (κ3) is 3.26. The van der Waals surface area contributed by atoms with Crippen molar-refractivity contribution in [3.05, 3.63) is 43.0 Å². The number of benzene rings is 1. The largest absolute Gasteiger partial charge is 0.478 e. The molecule has 0 spiro atoms. The highest BCUT2D eigenvalue weighted by molar-refractivity contribution is 5.89. The minimum Gasteiger partial charge on any atom is -0.478 e. The van der Waals surface area contributed by atoms with Crippen molar-refractivity contribution in [2.24, 2.45) is 0 Å². The van der Waals surface area contributed by atoms with Gasteiger partial charge in [-0.15, -0.1) is 6.58 Å². The van der Waals surface area contributed by atoms with Crippen LogP contribution in [0.2, 0.25) is 0 Å². The topological polar surface area (TPSA) is 48.0 Å². The summed E-state index contributed by atoms with van der Waals surface area (Å²) < 4.78 is 17.5. The summed E-state index contributed by atoms with van der Waals surface area (Å²) in [6, 6.07) is 9.27. The van der Waals surface area contributed by atoms with Gasteiger partial charge in [0.15, 0.2) is 11.9 Å². The van der Waals surface area contributed by atoms with E-state index in [1.165, 1.54) is 0 Å². The van der Waals surface area contributed by atoms with Crippen LogP contribution in [0, 0.1) is 0 Å². The lowest BCUT2D eigenvalue weighted by Crippen LogP contribution is -2.71. The summed E-state index contributed by atoms with van der Waals surface area (Å²) in [5.41, 5.74) is 0. The minimum absolute atomic E-state index is 0.00555. The van der Waals surface area contributed by atoms with Crippen LogP contribution >= 0.6 is 0 Å². The number of likely N-dealkylation sites (tertiary alicyclic amines) is 1. The summed E-state index contributed by atoms with van der Waals surface area (Å²) in [5, 5.41) is 0. The Hall–Kier alpha value is -1.85. The van der Waals surface area contributed by atoms with Gasteiger partial charge in [-0.25, -0.2) is 0 Å². The molecule has 23 heavy (non-hydrogen) atoms. The lowest BCUT2D eigenvalue weighted by molar-refractivity contribution is -0.186. The van der Waals surface area contributed by atoms with Gasteiger partial charge in [-0.3, -0.25) is 4.79 Å². The molecule has 2 fully saturated rings. The number of ether oxygens (including phenoxy) is 3. The van der Waals surface area contributed by atoms with Crippen LogP contribution < -0.4 is 4.74 Å². The number of carbonyl (C=O) groups excluding carboxylic acids is 1. The van der Waals surface area contributed by atoms with Crippen molar-refractivity contribution >= 4 is 5.91 Å². The van der Waals surface area contributed by atoms with Crippen LogP contribution in [0.25, 0.3) is 0 Å². The molecule has 3 rings (SSSR count). The standard InChI is InChI=1S/C18H23NO4/c1-4-5-11-19-15(14-12-21-18(2,3)23-14)16(17(19)20)22-13-9-7-6-8-10-13/h4,6-10,14-16H,1,5,11-12H2,2-3H3/t14-,15+,16-/m1/s1. The van der Waals surface area contributed by atoms with E-state index in [-0.39, 0.29) is 18.1 Å². The highest BCUT2D eigenvalue weighted by Gasteiger charge is 2.56. The summed E-state index contributed by atoms with van der Waals surface area (Å²) in [5.74, 6) is 0.0662. The van der Waals surface area contributed by atoms with E-state index >= 15 is 0 Å². The van der Waals surface area contributed by atoms with Gasteiger partial charge in [-0.2, -0.15) is 0 Å². The first-order valence-electron chi connectivity index (χ1n) is 7.97. The van der Waals surface area contributed by atoms with Crippen molar-refractivity contribution in [2.45, 2.75) is 44.3 Å². The van der Waals surface area contributed by atoms with Crippen LogP contribution in [0.1, 0.15) is 20.3 Å². The molecule has 1 aromatic rings. The van der Waals surface area contributed by atoms with Crippen LogP contribution in [0.15, 0.2) is 43.0 Å². The normalized spacial score (nSPS) is 29.2. The van der Waals surface area contributed by atoms with Gasteiger partial charge in [0.25, 0.3) is 5.91 Å². The molecule has 1 aromatic carbocycles. The Balaban J connectivity index is 1.74. The zero-order chi connectivity index (χ0) is 16.4. The zero-order valence-corrected chi connectivity index (χ0v) is 13.6. The van der Waals surface area contributed by atoms with Crippen LogP contribution in [0.3, 0.4) is 0 Å². The van der Waals surface area contributed by atoms with E-state index < -0.39 is 11.9 Å². The molecule has 2 heterocycles. The van der Waals surface area contributed by atoms with Crippen molar-refractivity contribution < 1.29 is 19.0 Å². The summed E-state index contributed by atoms with van der Waals surface area (Å²) in [6.07, 6.45) is 1.86. The maximum atomic E-state index is 12.5. The fourth-order valence-corrected chi connectivity index (χ4v) is 3.07. The van der Waals surface area contributed by atoms with Crippen molar-refractivity contribution in [1.29, 1.82) is 0 Å². The lowest BCUT2D eigenvalue weighted by atomic mass is 9.92. The van der Waals surface area contributed by atoms with Gasteiger partial charge in [0.2, 0.25) is 0 Å². The summed E-state index contributed by atoms with van der Waals surface area (Å²) in [4.78, 5) is 14.3. The molecule has 3 atom stereocenters.